The van der Waals surface area contributed by atoms with Crippen molar-refractivity contribution >= 4 is 5.97 Å². The van der Waals surface area contributed by atoms with Crippen molar-refractivity contribution in [1.82, 2.24) is 0 Å². The molecule has 202 valence electrons. The van der Waals surface area contributed by atoms with E-state index in [1.54, 1.807) is 0 Å². The molecule has 6 fully saturated rings. The minimum atomic E-state index is 0.0915. The number of esters is 1. The van der Waals surface area contributed by atoms with Gasteiger partial charge in [0, 0.05) is 5.92 Å². The molecule has 0 aromatic heterocycles. The first kappa shape index (κ1) is 23.8. The maximum Gasteiger partial charge on any atom is 0.309 e. The third kappa shape index (κ3) is 2.59. The molecule has 0 heterocycles. The van der Waals surface area contributed by atoms with Gasteiger partial charge in [-0.2, -0.15) is 0 Å². The van der Waals surface area contributed by atoms with Gasteiger partial charge in [0.15, 0.2) is 0 Å². The molecule has 0 aromatic rings. The highest BCUT2D eigenvalue weighted by Crippen LogP contribution is 2.76. The fourth-order valence-electron chi connectivity index (χ4n) is 13.3. The highest BCUT2D eigenvalue weighted by atomic mass is 16.5. The quantitative estimate of drug-likeness (QED) is 0.285. The summed E-state index contributed by atoms with van der Waals surface area (Å²) in [6.45, 7) is 15.3. The van der Waals surface area contributed by atoms with E-state index in [0.29, 0.717) is 33.5 Å². The Morgan fingerprint density at radius 3 is 1.73 bits per heavy atom. The van der Waals surface area contributed by atoms with Crippen LogP contribution in [0.4, 0.5) is 0 Å². The van der Waals surface area contributed by atoms with Gasteiger partial charge in [0.1, 0.15) is 6.10 Å². The number of carbonyl (C=O) groups is 1. The maximum absolute atomic E-state index is 13.8. The normalized spacial score (nSPS) is 58.8. The van der Waals surface area contributed by atoms with Gasteiger partial charge in [-0.1, -0.05) is 65.8 Å². The van der Waals surface area contributed by atoms with Gasteiger partial charge in [-0.15, -0.1) is 0 Å². The Hall–Kier alpha value is -1.05. The number of hydrogen-bond donors (Lipinski definition) is 0. The predicted molar refractivity (Wildman–Crippen MR) is 147 cm³/mol. The molecule has 0 radical (unpaired) electrons. The Bertz CT molecular complexity index is 1110. The van der Waals surface area contributed by atoms with Crippen molar-refractivity contribution in [2.75, 3.05) is 0 Å². The van der Waals surface area contributed by atoms with Crippen LogP contribution < -0.4 is 0 Å². The van der Waals surface area contributed by atoms with Crippen LogP contribution in [-0.4, -0.2) is 12.1 Å². The lowest BCUT2D eigenvalue weighted by atomic mass is 9.57. The smallest absolute Gasteiger partial charge is 0.309 e. The first-order valence-corrected chi connectivity index (χ1v) is 15.9. The molecule has 2 nitrogen and oxygen atoms in total. The lowest BCUT2D eigenvalue weighted by Crippen LogP contribution is -2.41. The van der Waals surface area contributed by atoms with Crippen LogP contribution in [0.15, 0.2) is 24.3 Å². The Kier molecular flexibility index (Phi) is 4.38. The van der Waals surface area contributed by atoms with Crippen LogP contribution in [0.3, 0.4) is 0 Å². The molecule has 0 spiro atoms. The summed E-state index contributed by atoms with van der Waals surface area (Å²) in [6.07, 6.45) is 23.0. The van der Waals surface area contributed by atoms with Crippen LogP contribution in [0.5, 0.6) is 0 Å². The average molecular weight is 503 g/mol. The number of ether oxygens (including phenoxy) is 1. The van der Waals surface area contributed by atoms with E-state index in [1.165, 1.54) is 51.4 Å². The molecule has 37 heavy (non-hydrogen) atoms. The second kappa shape index (κ2) is 6.80. The summed E-state index contributed by atoms with van der Waals surface area (Å²) in [5.41, 5.74) is 2.25. The third-order valence-electron chi connectivity index (χ3n) is 16.3. The summed E-state index contributed by atoms with van der Waals surface area (Å²) in [4.78, 5) is 13.8. The van der Waals surface area contributed by atoms with Crippen molar-refractivity contribution in [3.05, 3.63) is 24.3 Å². The molecule has 12 atom stereocenters. The molecule has 8 bridgehead atoms. The zero-order chi connectivity index (χ0) is 25.8. The minimum Gasteiger partial charge on any atom is -0.461 e. The molecular formula is C35H50O2. The molecule has 12 unspecified atom stereocenters. The van der Waals surface area contributed by atoms with Gasteiger partial charge in [-0.25, -0.2) is 0 Å². The average Bonchev–Trinajstić information content (AvgIpc) is 3.70. The standard InChI is InChI=1S/C35H50O2/c1-30(2)23-9-11-32(30,5)27(15-23)34-13-7-21(17-34)25(19-34)29(36)37-26-20-35(14-8-22(26)18-35)28-16-24-10-12-33(28,6)31(24,3)4/h7-8,13-14,21-28H,9-12,15-20H2,1-6H3. The van der Waals surface area contributed by atoms with Crippen molar-refractivity contribution < 1.29 is 9.53 Å². The Morgan fingerprint density at radius 1 is 0.703 bits per heavy atom. The summed E-state index contributed by atoms with van der Waals surface area (Å²) >= 11 is 0. The topological polar surface area (TPSA) is 26.3 Å². The lowest BCUT2D eigenvalue weighted by molar-refractivity contribution is -0.157. The zero-order valence-electron chi connectivity index (χ0n) is 24.3. The van der Waals surface area contributed by atoms with Crippen molar-refractivity contribution in [3.63, 3.8) is 0 Å². The second-order valence-corrected chi connectivity index (χ2v) is 17.2. The summed E-state index contributed by atoms with van der Waals surface area (Å²) in [5, 5.41) is 0. The van der Waals surface area contributed by atoms with Crippen molar-refractivity contribution in [3.8, 4) is 0 Å². The monoisotopic (exact) mass is 502 g/mol. The Balaban J connectivity index is 0.986. The molecule has 0 saturated heterocycles. The molecule has 8 rings (SSSR count). The van der Waals surface area contributed by atoms with E-state index in [1.807, 2.05) is 0 Å². The van der Waals surface area contributed by atoms with Gasteiger partial charge in [-0.3, -0.25) is 4.79 Å². The van der Waals surface area contributed by atoms with Crippen LogP contribution in [0.2, 0.25) is 0 Å². The Morgan fingerprint density at radius 2 is 1.22 bits per heavy atom. The van der Waals surface area contributed by atoms with Gasteiger partial charge >= 0.3 is 5.97 Å². The molecule has 0 N–H and O–H groups in total. The molecule has 0 aromatic carbocycles. The van der Waals surface area contributed by atoms with Gasteiger partial charge in [0.25, 0.3) is 0 Å². The maximum atomic E-state index is 13.8. The van der Waals surface area contributed by atoms with Crippen LogP contribution in [0.1, 0.15) is 106 Å². The van der Waals surface area contributed by atoms with E-state index < -0.39 is 0 Å². The fourth-order valence-corrected chi connectivity index (χ4v) is 13.3. The largest absolute Gasteiger partial charge is 0.461 e. The number of rotatable bonds is 4. The SMILES string of the molecule is CC1(C)C2CCC1(C)C(C13C=CC(C1)C(OC(=O)C1CC4(C5CC6CCC5(C)C6(C)C)C=CC1C4)C3)C2. The molecule has 6 saturated carbocycles. The Labute approximate surface area is 225 Å². The van der Waals surface area contributed by atoms with Gasteiger partial charge < -0.3 is 4.74 Å². The summed E-state index contributed by atoms with van der Waals surface area (Å²) in [6, 6.07) is 0. The van der Waals surface area contributed by atoms with Crippen molar-refractivity contribution in [2.45, 2.75) is 112 Å². The summed E-state index contributed by atoms with van der Waals surface area (Å²) in [5.74, 6) is 4.33. The number of carbonyl (C=O) groups excluding carboxylic acids is 1. The van der Waals surface area contributed by atoms with E-state index >= 15 is 0 Å². The van der Waals surface area contributed by atoms with Gasteiger partial charge in [0.2, 0.25) is 0 Å². The van der Waals surface area contributed by atoms with Crippen LogP contribution in [-0.2, 0) is 9.53 Å². The first-order valence-electron chi connectivity index (χ1n) is 15.9. The molecule has 2 heteroatoms. The molecule has 8 aliphatic carbocycles. The van der Waals surface area contributed by atoms with Crippen LogP contribution >= 0.6 is 0 Å². The van der Waals surface area contributed by atoms with Crippen LogP contribution in [0.25, 0.3) is 0 Å². The van der Waals surface area contributed by atoms with E-state index in [4.69, 9.17) is 4.74 Å². The highest BCUT2D eigenvalue weighted by Gasteiger charge is 2.70. The zero-order valence-corrected chi connectivity index (χ0v) is 24.3. The third-order valence-corrected chi connectivity index (χ3v) is 16.3. The number of hydrogen-bond acceptors (Lipinski definition) is 2. The van der Waals surface area contributed by atoms with Gasteiger partial charge in [-0.05, 0) is 126 Å². The minimum absolute atomic E-state index is 0.0915. The first-order chi connectivity index (χ1) is 17.4. The molecule has 0 aliphatic heterocycles. The summed E-state index contributed by atoms with van der Waals surface area (Å²) < 4.78 is 6.54. The van der Waals surface area contributed by atoms with Gasteiger partial charge in [0.05, 0.1) is 5.92 Å². The van der Waals surface area contributed by atoms with E-state index in [9.17, 15) is 4.79 Å². The molecule has 8 aliphatic rings. The number of allylic oxidation sites excluding steroid dienone is 3. The second-order valence-electron chi connectivity index (χ2n) is 17.2. The van der Waals surface area contributed by atoms with E-state index in [-0.39, 0.29) is 28.8 Å². The van der Waals surface area contributed by atoms with Crippen molar-refractivity contribution in [1.29, 1.82) is 0 Å². The fraction of sp³-hybridized carbons (Fsp3) is 0.857. The molecule has 0 amide bonds. The number of fused-ring (bicyclic) bond motifs is 8. The van der Waals surface area contributed by atoms with E-state index in [2.05, 4.69) is 65.8 Å². The lowest BCUT2D eigenvalue weighted by Gasteiger charge is -2.47. The van der Waals surface area contributed by atoms with E-state index in [0.717, 1.165) is 36.5 Å². The summed E-state index contributed by atoms with van der Waals surface area (Å²) in [7, 11) is 0. The van der Waals surface area contributed by atoms with Crippen molar-refractivity contribution in [2.24, 2.45) is 73.9 Å². The highest BCUT2D eigenvalue weighted by molar-refractivity contribution is 5.74. The predicted octanol–water partition coefficient (Wildman–Crippen LogP) is 8.37. The van der Waals surface area contributed by atoms with Crippen LogP contribution in [0, 0.1) is 73.9 Å². The molecular weight excluding hydrogens is 452 g/mol.